The standard InChI is InChI=1S/C18H21N3/c1-20(2)15-7-5-13-11-14-6-8-16(21(3)4)12-18(14)19-17(13)10-9-15/h5-9,11-12H,10H2,1-4H3. The van der Waals surface area contributed by atoms with Crippen molar-refractivity contribution >= 4 is 22.7 Å². The van der Waals surface area contributed by atoms with E-state index in [2.05, 4.69) is 80.5 Å². The zero-order valence-corrected chi connectivity index (χ0v) is 13.1. The predicted octanol–water partition coefficient (Wildman–Crippen LogP) is 3.32. The summed E-state index contributed by atoms with van der Waals surface area (Å²) in [4.78, 5) is 9.11. The molecule has 3 rings (SSSR count). The lowest BCUT2D eigenvalue weighted by Gasteiger charge is -2.13. The summed E-state index contributed by atoms with van der Waals surface area (Å²) in [7, 11) is 8.25. The summed E-state index contributed by atoms with van der Waals surface area (Å²) in [6, 6.07) is 8.68. The van der Waals surface area contributed by atoms with E-state index in [1.165, 1.54) is 22.3 Å². The molecule has 0 saturated carbocycles. The van der Waals surface area contributed by atoms with Crippen LogP contribution in [0.15, 0.2) is 42.1 Å². The predicted molar refractivity (Wildman–Crippen MR) is 90.6 cm³/mol. The number of hydrogen-bond donors (Lipinski definition) is 0. The fourth-order valence-electron chi connectivity index (χ4n) is 2.57. The average molecular weight is 279 g/mol. The highest BCUT2D eigenvalue weighted by Crippen LogP contribution is 2.25. The van der Waals surface area contributed by atoms with Gasteiger partial charge in [-0.2, -0.15) is 0 Å². The molecule has 3 nitrogen and oxygen atoms in total. The molecule has 108 valence electrons. The van der Waals surface area contributed by atoms with E-state index in [-0.39, 0.29) is 0 Å². The molecule has 1 aromatic carbocycles. The number of fused-ring (bicyclic) bond motifs is 2. The van der Waals surface area contributed by atoms with Crippen LogP contribution >= 0.6 is 0 Å². The van der Waals surface area contributed by atoms with Gasteiger partial charge in [-0.05, 0) is 29.8 Å². The lowest BCUT2D eigenvalue weighted by Crippen LogP contribution is -2.09. The van der Waals surface area contributed by atoms with E-state index in [0.717, 1.165) is 17.6 Å². The Morgan fingerprint density at radius 3 is 2.48 bits per heavy atom. The molecular weight excluding hydrogens is 258 g/mol. The molecule has 0 saturated heterocycles. The first kappa shape index (κ1) is 13.7. The second kappa shape index (κ2) is 5.24. The van der Waals surface area contributed by atoms with Crippen molar-refractivity contribution in [3.05, 3.63) is 53.4 Å². The van der Waals surface area contributed by atoms with E-state index in [1.807, 2.05) is 0 Å². The minimum absolute atomic E-state index is 0.873. The van der Waals surface area contributed by atoms with Crippen molar-refractivity contribution < 1.29 is 0 Å². The second-order valence-electron chi connectivity index (χ2n) is 5.86. The van der Waals surface area contributed by atoms with Crippen molar-refractivity contribution in [1.82, 2.24) is 9.88 Å². The van der Waals surface area contributed by atoms with Crippen molar-refractivity contribution in [2.45, 2.75) is 6.42 Å². The van der Waals surface area contributed by atoms with Crippen molar-refractivity contribution in [3.63, 3.8) is 0 Å². The maximum Gasteiger partial charge on any atom is 0.0726 e. The monoisotopic (exact) mass is 279 g/mol. The molecule has 0 spiro atoms. The molecule has 0 aliphatic heterocycles. The summed E-state index contributed by atoms with van der Waals surface area (Å²) < 4.78 is 0. The summed E-state index contributed by atoms with van der Waals surface area (Å²) in [6.07, 6.45) is 7.43. The second-order valence-corrected chi connectivity index (χ2v) is 5.86. The summed E-state index contributed by atoms with van der Waals surface area (Å²) in [5.41, 5.74) is 5.84. The van der Waals surface area contributed by atoms with Crippen LogP contribution in [0.5, 0.6) is 0 Å². The number of nitrogens with zero attached hydrogens (tertiary/aromatic N) is 3. The van der Waals surface area contributed by atoms with E-state index >= 15 is 0 Å². The Balaban J connectivity index is 2.09. The number of rotatable bonds is 2. The Kier molecular flexibility index (Phi) is 3.42. The molecule has 2 aromatic rings. The van der Waals surface area contributed by atoms with Crippen molar-refractivity contribution in [1.29, 1.82) is 0 Å². The number of hydrogen-bond acceptors (Lipinski definition) is 3. The van der Waals surface area contributed by atoms with Gasteiger partial charge < -0.3 is 9.80 Å². The lowest BCUT2D eigenvalue weighted by atomic mass is 10.1. The molecule has 21 heavy (non-hydrogen) atoms. The minimum atomic E-state index is 0.873. The average Bonchev–Trinajstić information content (AvgIpc) is 2.66. The van der Waals surface area contributed by atoms with E-state index in [9.17, 15) is 0 Å². The highest BCUT2D eigenvalue weighted by atomic mass is 15.1. The quantitative estimate of drug-likeness (QED) is 0.840. The summed E-state index contributed by atoms with van der Waals surface area (Å²) in [5.74, 6) is 0. The van der Waals surface area contributed by atoms with Crippen molar-refractivity contribution in [2.24, 2.45) is 0 Å². The van der Waals surface area contributed by atoms with Gasteiger partial charge in [-0.15, -0.1) is 0 Å². The zero-order valence-electron chi connectivity index (χ0n) is 13.1. The molecular formula is C18H21N3. The number of aromatic nitrogens is 1. The molecule has 1 aromatic heterocycles. The zero-order chi connectivity index (χ0) is 15.0. The Morgan fingerprint density at radius 1 is 0.952 bits per heavy atom. The molecule has 0 atom stereocenters. The van der Waals surface area contributed by atoms with Crippen LogP contribution in [0.3, 0.4) is 0 Å². The molecule has 1 aliphatic rings. The Morgan fingerprint density at radius 2 is 1.76 bits per heavy atom. The maximum atomic E-state index is 4.87. The highest BCUT2D eigenvalue weighted by molar-refractivity contribution is 5.85. The number of allylic oxidation sites excluding steroid dienone is 2. The number of benzene rings is 1. The van der Waals surface area contributed by atoms with E-state index in [4.69, 9.17) is 4.98 Å². The largest absolute Gasteiger partial charge is 0.378 e. The summed E-state index contributed by atoms with van der Waals surface area (Å²) in [6.45, 7) is 0. The molecule has 0 N–H and O–H groups in total. The van der Waals surface area contributed by atoms with Gasteiger partial charge in [-0.25, -0.2) is 0 Å². The van der Waals surface area contributed by atoms with Gasteiger partial charge in [-0.3, -0.25) is 4.98 Å². The third kappa shape index (κ3) is 2.64. The lowest BCUT2D eigenvalue weighted by molar-refractivity contribution is 0.528. The number of pyridine rings is 1. The van der Waals surface area contributed by atoms with Gasteiger partial charge in [-0.1, -0.05) is 18.2 Å². The third-order valence-electron chi connectivity index (χ3n) is 3.88. The molecule has 0 unspecified atom stereocenters. The molecule has 1 heterocycles. The Bertz CT molecular complexity index is 739. The maximum absolute atomic E-state index is 4.87. The van der Waals surface area contributed by atoms with Crippen molar-refractivity contribution in [3.8, 4) is 0 Å². The Labute approximate surface area is 126 Å². The molecule has 3 heteroatoms. The van der Waals surface area contributed by atoms with Crippen molar-refractivity contribution in [2.75, 3.05) is 33.1 Å². The van der Waals surface area contributed by atoms with Gasteiger partial charge in [0.05, 0.1) is 11.2 Å². The van der Waals surface area contributed by atoms with E-state index < -0.39 is 0 Å². The van der Waals surface area contributed by atoms with E-state index in [0.29, 0.717) is 0 Å². The summed E-state index contributed by atoms with van der Waals surface area (Å²) >= 11 is 0. The normalized spacial score (nSPS) is 13.6. The van der Waals surface area contributed by atoms with E-state index in [1.54, 1.807) is 0 Å². The number of likely N-dealkylation sites (N-methyl/N-ethyl adjacent to an activating group) is 1. The molecule has 0 fully saturated rings. The fourth-order valence-corrected chi connectivity index (χ4v) is 2.57. The molecule has 0 bridgehead atoms. The third-order valence-corrected chi connectivity index (χ3v) is 3.88. The highest BCUT2D eigenvalue weighted by Gasteiger charge is 2.09. The van der Waals surface area contributed by atoms with Gasteiger partial charge in [0.1, 0.15) is 0 Å². The first-order valence-corrected chi connectivity index (χ1v) is 7.21. The summed E-state index contributed by atoms with van der Waals surface area (Å²) in [5, 5.41) is 1.19. The van der Waals surface area contributed by atoms with Gasteiger partial charge >= 0.3 is 0 Å². The number of anilines is 1. The topological polar surface area (TPSA) is 19.4 Å². The first-order valence-electron chi connectivity index (χ1n) is 7.21. The van der Waals surface area contributed by atoms with Gasteiger partial charge in [0, 0.05) is 51.4 Å². The van der Waals surface area contributed by atoms with Gasteiger partial charge in [0.25, 0.3) is 0 Å². The fraction of sp³-hybridized carbons (Fsp3) is 0.278. The van der Waals surface area contributed by atoms with Crippen LogP contribution in [0.1, 0.15) is 11.3 Å². The van der Waals surface area contributed by atoms with Crippen LogP contribution in [-0.2, 0) is 6.42 Å². The smallest absolute Gasteiger partial charge is 0.0726 e. The minimum Gasteiger partial charge on any atom is -0.378 e. The van der Waals surface area contributed by atoms with Crippen LogP contribution in [0.4, 0.5) is 5.69 Å². The first-order chi connectivity index (χ1) is 10.0. The molecule has 0 radical (unpaired) electrons. The SMILES string of the molecule is CN(C)C1=CCc2nc3cc(N(C)C)ccc3cc2C=C1. The van der Waals surface area contributed by atoms with Crippen LogP contribution in [-0.4, -0.2) is 38.1 Å². The molecule has 1 aliphatic carbocycles. The van der Waals surface area contributed by atoms with Crippen LogP contribution in [0.25, 0.3) is 17.0 Å². The van der Waals surface area contributed by atoms with Gasteiger partial charge in [0.2, 0.25) is 0 Å². The van der Waals surface area contributed by atoms with Crippen LogP contribution < -0.4 is 4.90 Å². The molecule has 0 amide bonds. The van der Waals surface area contributed by atoms with Crippen LogP contribution in [0.2, 0.25) is 0 Å². The van der Waals surface area contributed by atoms with Gasteiger partial charge in [0.15, 0.2) is 0 Å². The van der Waals surface area contributed by atoms with Crippen LogP contribution in [0, 0.1) is 0 Å². The Hall–Kier alpha value is -2.29.